The van der Waals surface area contributed by atoms with E-state index in [0.717, 1.165) is 25.7 Å². The van der Waals surface area contributed by atoms with Crippen LogP contribution in [-0.2, 0) is 9.59 Å². The smallest absolute Gasteiger partial charge is 0.312 e. The van der Waals surface area contributed by atoms with E-state index >= 15 is 0 Å². The lowest BCUT2D eigenvalue weighted by atomic mass is 10.2. The van der Waals surface area contributed by atoms with E-state index in [1.165, 1.54) is 4.90 Å². The number of amides is 1. The van der Waals surface area contributed by atoms with Crippen LogP contribution in [-0.4, -0.2) is 46.2 Å². The number of carboxylic acids is 1. The van der Waals surface area contributed by atoms with Gasteiger partial charge >= 0.3 is 5.97 Å². The van der Waals surface area contributed by atoms with Gasteiger partial charge in [-0.2, -0.15) is 0 Å². The van der Waals surface area contributed by atoms with Crippen molar-refractivity contribution in [2.24, 2.45) is 0 Å². The lowest BCUT2D eigenvalue weighted by molar-refractivity contribution is -0.145. The van der Waals surface area contributed by atoms with Gasteiger partial charge in [-0.15, -0.1) is 0 Å². The van der Waals surface area contributed by atoms with Crippen LogP contribution in [0, 0.1) is 0 Å². The average Bonchev–Trinajstić information content (AvgIpc) is 2.65. The van der Waals surface area contributed by atoms with Gasteiger partial charge in [0.2, 0.25) is 5.91 Å². The van der Waals surface area contributed by atoms with Crippen molar-refractivity contribution in [2.75, 3.05) is 13.2 Å². The molecule has 0 bridgehead atoms. The van der Waals surface area contributed by atoms with E-state index in [9.17, 15) is 9.59 Å². The van der Waals surface area contributed by atoms with Crippen LogP contribution in [0.1, 0.15) is 32.1 Å². The van der Waals surface area contributed by atoms with E-state index in [1.54, 1.807) is 0 Å². The Bertz CT molecular complexity index is 236. The van der Waals surface area contributed by atoms with Crippen molar-refractivity contribution >= 4 is 11.9 Å². The zero-order chi connectivity index (χ0) is 11.3. The fourth-order valence-corrected chi connectivity index (χ4v) is 2.07. The first-order valence-corrected chi connectivity index (χ1v) is 5.27. The monoisotopic (exact) mass is 215 g/mol. The molecule has 0 aliphatic heterocycles. The summed E-state index contributed by atoms with van der Waals surface area (Å²) >= 11 is 0. The molecule has 0 aromatic rings. The Hall–Kier alpha value is -1.10. The van der Waals surface area contributed by atoms with Gasteiger partial charge in [0.05, 0.1) is 6.61 Å². The second-order valence-corrected chi connectivity index (χ2v) is 3.82. The van der Waals surface area contributed by atoms with E-state index < -0.39 is 12.4 Å². The van der Waals surface area contributed by atoms with Crippen molar-refractivity contribution in [1.82, 2.24) is 4.90 Å². The molecular formula is C10H17NO4. The summed E-state index contributed by atoms with van der Waals surface area (Å²) in [6, 6.07) is 0.129. The van der Waals surface area contributed by atoms with Crippen molar-refractivity contribution in [1.29, 1.82) is 0 Å². The summed E-state index contributed by atoms with van der Waals surface area (Å²) in [6.45, 7) is 0.138. The minimum absolute atomic E-state index is 0.109. The molecule has 15 heavy (non-hydrogen) atoms. The molecule has 1 saturated carbocycles. The summed E-state index contributed by atoms with van der Waals surface area (Å²) in [5.74, 6) is -1.50. The highest BCUT2D eigenvalue weighted by molar-refractivity contribution is 5.93. The summed E-state index contributed by atoms with van der Waals surface area (Å²) < 4.78 is 0. The minimum Gasteiger partial charge on any atom is -0.481 e. The third kappa shape index (κ3) is 3.51. The van der Waals surface area contributed by atoms with E-state index in [2.05, 4.69) is 0 Å². The van der Waals surface area contributed by atoms with Crippen LogP contribution in [0.4, 0.5) is 0 Å². The van der Waals surface area contributed by atoms with Gasteiger partial charge < -0.3 is 15.1 Å². The van der Waals surface area contributed by atoms with Crippen LogP contribution in [0.2, 0.25) is 0 Å². The Morgan fingerprint density at radius 3 is 2.33 bits per heavy atom. The van der Waals surface area contributed by atoms with E-state index in [-0.39, 0.29) is 25.1 Å². The summed E-state index contributed by atoms with van der Waals surface area (Å²) in [5, 5.41) is 17.4. The molecule has 0 heterocycles. The van der Waals surface area contributed by atoms with Crippen molar-refractivity contribution in [3.63, 3.8) is 0 Å². The summed E-state index contributed by atoms with van der Waals surface area (Å²) in [5.41, 5.74) is 0. The maximum atomic E-state index is 11.6. The van der Waals surface area contributed by atoms with Crippen LogP contribution in [0.15, 0.2) is 0 Å². The zero-order valence-electron chi connectivity index (χ0n) is 8.69. The first-order chi connectivity index (χ1) is 7.15. The molecule has 0 aromatic heterocycles. The average molecular weight is 215 g/mol. The van der Waals surface area contributed by atoms with Gasteiger partial charge in [0.1, 0.15) is 6.42 Å². The third-order valence-corrected chi connectivity index (χ3v) is 2.73. The van der Waals surface area contributed by atoms with Gasteiger partial charge in [-0.05, 0) is 12.8 Å². The van der Waals surface area contributed by atoms with Crippen molar-refractivity contribution in [3.05, 3.63) is 0 Å². The maximum Gasteiger partial charge on any atom is 0.312 e. The Balaban J connectivity index is 2.55. The molecule has 5 nitrogen and oxygen atoms in total. The Kier molecular flexibility index (Phi) is 4.55. The van der Waals surface area contributed by atoms with Gasteiger partial charge in [-0.25, -0.2) is 0 Å². The van der Waals surface area contributed by atoms with E-state index in [0.29, 0.717) is 0 Å². The molecule has 0 saturated heterocycles. The second kappa shape index (κ2) is 5.70. The first-order valence-electron chi connectivity index (χ1n) is 5.27. The molecule has 0 atom stereocenters. The van der Waals surface area contributed by atoms with Gasteiger partial charge in [0.15, 0.2) is 0 Å². The number of carbonyl (C=O) groups is 2. The number of rotatable bonds is 5. The number of hydrogen-bond acceptors (Lipinski definition) is 3. The van der Waals surface area contributed by atoms with Crippen LogP contribution in [0.5, 0.6) is 0 Å². The van der Waals surface area contributed by atoms with Crippen LogP contribution >= 0.6 is 0 Å². The molecule has 0 spiro atoms. The highest BCUT2D eigenvalue weighted by atomic mass is 16.4. The zero-order valence-corrected chi connectivity index (χ0v) is 8.69. The molecule has 1 amide bonds. The number of aliphatic hydroxyl groups is 1. The predicted octanol–water partition coefficient (Wildman–Crippen LogP) is 0.225. The van der Waals surface area contributed by atoms with Crippen LogP contribution in [0.25, 0.3) is 0 Å². The summed E-state index contributed by atoms with van der Waals surface area (Å²) in [4.78, 5) is 23.5. The van der Waals surface area contributed by atoms with Crippen LogP contribution < -0.4 is 0 Å². The van der Waals surface area contributed by atoms with Crippen molar-refractivity contribution in [2.45, 2.75) is 38.1 Å². The first kappa shape index (κ1) is 12.0. The summed E-state index contributed by atoms with van der Waals surface area (Å²) in [7, 11) is 0. The van der Waals surface area contributed by atoms with Crippen molar-refractivity contribution in [3.8, 4) is 0 Å². The molecular weight excluding hydrogens is 198 g/mol. The number of nitrogens with zero attached hydrogens (tertiary/aromatic N) is 1. The normalized spacial score (nSPS) is 16.6. The topological polar surface area (TPSA) is 77.8 Å². The number of aliphatic hydroxyl groups excluding tert-OH is 1. The molecule has 0 aromatic carbocycles. The van der Waals surface area contributed by atoms with Crippen LogP contribution in [0.3, 0.4) is 0 Å². The summed E-state index contributed by atoms with van der Waals surface area (Å²) in [6.07, 6.45) is 3.52. The Morgan fingerprint density at radius 2 is 1.87 bits per heavy atom. The number of carbonyl (C=O) groups excluding carboxylic acids is 1. The van der Waals surface area contributed by atoms with Gasteiger partial charge in [-0.3, -0.25) is 9.59 Å². The fourth-order valence-electron chi connectivity index (χ4n) is 2.07. The maximum absolute atomic E-state index is 11.6. The molecule has 2 N–H and O–H groups in total. The molecule has 1 aliphatic carbocycles. The number of aliphatic carboxylic acids is 1. The molecule has 0 radical (unpaired) electrons. The number of hydrogen-bond donors (Lipinski definition) is 2. The quantitative estimate of drug-likeness (QED) is 0.643. The van der Waals surface area contributed by atoms with Crippen molar-refractivity contribution < 1.29 is 19.8 Å². The molecule has 5 heteroatoms. The molecule has 1 fully saturated rings. The van der Waals surface area contributed by atoms with Gasteiger partial charge in [-0.1, -0.05) is 12.8 Å². The Morgan fingerprint density at radius 1 is 1.27 bits per heavy atom. The highest BCUT2D eigenvalue weighted by Gasteiger charge is 2.26. The molecule has 0 unspecified atom stereocenters. The number of carboxylic acid groups (broad SMARTS) is 1. The van der Waals surface area contributed by atoms with E-state index in [4.69, 9.17) is 10.2 Å². The lowest BCUT2D eigenvalue weighted by Crippen LogP contribution is -2.41. The molecule has 1 rings (SSSR count). The molecule has 1 aliphatic rings. The standard InChI is InChI=1S/C10H17NO4/c12-6-5-11(8-3-1-2-4-8)9(13)7-10(14)15/h8,12H,1-7H2,(H,14,15). The SMILES string of the molecule is O=C(O)CC(=O)N(CCO)C1CCCC1. The largest absolute Gasteiger partial charge is 0.481 e. The molecule has 86 valence electrons. The van der Waals surface area contributed by atoms with Gasteiger partial charge in [0, 0.05) is 12.6 Å². The minimum atomic E-state index is -1.11. The Labute approximate surface area is 88.7 Å². The lowest BCUT2D eigenvalue weighted by Gasteiger charge is -2.27. The van der Waals surface area contributed by atoms with Gasteiger partial charge in [0.25, 0.3) is 0 Å². The predicted molar refractivity (Wildman–Crippen MR) is 53.3 cm³/mol. The third-order valence-electron chi connectivity index (χ3n) is 2.73. The fraction of sp³-hybridized carbons (Fsp3) is 0.800. The highest BCUT2D eigenvalue weighted by Crippen LogP contribution is 2.23. The second-order valence-electron chi connectivity index (χ2n) is 3.82. The van der Waals surface area contributed by atoms with E-state index in [1.807, 2.05) is 0 Å².